The topological polar surface area (TPSA) is 94.6 Å². The third-order valence-corrected chi connectivity index (χ3v) is 2.43. The number of carbonyl (C=O) groups is 1. The fourth-order valence-electron chi connectivity index (χ4n) is 1.68. The molecule has 0 aliphatic heterocycles. The lowest BCUT2D eigenvalue weighted by atomic mass is 10.2. The van der Waals surface area contributed by atoms with Gasteiger partial charge in [-0.2, -0.15) is 0 Å². The zero-order valence-corrected chi connectivity index (χ0v) is 9.49. The molecule has 1 heterocycles. The lowest BCUT2D eigenvalue weighted by Crippen LogP contribution is -2.12. The standard InChI is InChI=1S/C11H10N2O5/c1-2-18-11(15)12-9-4-3-8(13(16)17)5-7(9)6-10(12)14/h3-6,14H,2H2,1H3. The van der Waals surface area contributed by atoms with E-state index in [9.17, 15) is 20.0 Å². The van der Waals surface area contributed by atoms with Gasteiger partial charge in [0.05, 0.1) is 17.0 Å². The molecule has 94 valence electrons. The van der Waals surface area contributed by atoms with Gasteiger partial charge in [0.1, 0.15) is 0 Å². The zero-order valence-electron chi connectivity index (χ0n) is 9.49. The van der Waals surface area contributed by atoms with Crippen LogP contribution >= 0.6 is 0 Å². The molecule has 0 amide bonds. The highest BCUT2D eigenvalue weighted by molar-refractivity contribution is 5.93. The molecule has 2 aromatic rings. The molecule has 7 heteroatoms. The highest BCUT2D eigenvalue weighted by Gasteiger charge is 2.17. The second-order valence-electron chi connectivity index (χ2n) is 3.54. The summed E-state index contributed by atoms with van der Waals surface area (Å²) in [5, 5.41) is 20.7. The molecule has 7 nitrogen and oxygen atoms in total. The summed E-state index contributed by atoms with van der Waals surface area (Å²) in [6.07, 6.45) is -0.723. The Morgan fingerprint density at radius 2 is 2.22 bits per heavy atom. The van der Waals surface area contributed by atoms with Crippen LogP contribution in [0.15, 0.2) is 24.3 Å². The summed E-state index contributed by atoms with van der Waals surface area (Å²) in [5.41, 5.74) is 0.250. The van der Waals surface area contributed by atoms with Crippen LogP contribution in [0, 0.1) is 10.1 Å². The van der Waals surface area contributed by atoms with Crippen LogP contribution in [0.3, 0.4) is 0 Å². The van der Waals surface area contributed by atoms with Crippen molar-refractivity contribution in [1.82, 2.24) is 4.57 Å². The highest BCUT2D eigenvalue weighted by Crippen LogP contribution is 2.28. The average molecular weight is 250 g/mol. The number of hydrogen-bond donors (Lipinski definition) is 1. The summed E-state index contributed by atoms with van der Waals surface area (Å²) < 4.78 is 5.74. The first-order chi connectivity index (χ1) is 8.54. The summed E-state index contributed by atoms with van der Waals surface area (Å²) in [7, 11) is 0. The van der Waals surface area contributed by atoms with Crippen LogP contribution in [0.25, 0.3) is 10.9 Å². The molecule has 1 aromatic carbocycles. The predicted octanol–water partition coefficient (Wildman–Crippen LogP) is 2.26. The molecule has 0 aliphatic rings. The maximum absolute atomic E-state index is 11.6. The lowest BCUT2D eigenvalue weighted by molar-refractivity contribution is -0.384. The number of aromatic hydroxyl groups is 1. The number of rotatable bonds is 2. The summed E-state index contributed by atoms with van der Waals surface area (Å²) in [5.74, 6) is -0.316. The molecular formula is C11H10N2O5. The van der Waals surface area contributed by atoms with Crippen LogP contribution in [0.4, 0.5) is 10.5 Å². The summed E-state index contributed by atoms with van der Waals surface area (Å²) in [6.45, 7) is 1.82. The Bertz CT molecular complexity index is 632. The fourth-order valence-corrected chi connectivity index (χ4v) is 1.68. The van der Waals surface area contributed by atoms with Gasteiger partial charge in [0, 0.05) is 23.6 Å². The quantitative estimate of drug-likeness (QED) is 0.651. The monoisotopic (exact) mass is 250 g/mol. The van der Waals surface area contributed by atoms with Gasteiger partial charge >= 0.3 is 6.09 Å². The van der Waals surface area contributed by atoms with E-state index >= 15 is 0 Å². The molecule has 0 aliphatic carbocycles. The Morgan fingerprint density at radius 3 is 2.83 bits per heavy atom. The molecule has 0 spiro atoms. The summed E-state index contributed by atoms with van der Waals surface area (Å²) >= 11 is 0. The van der Waals surface area contributed by atoms with Crippen LogP contribution in [0.2, 0.25) is 0 Å². The van der Waals surface area contributed by atoms with Crippen molar-refractivity contribution in [2.75, 3.05) is 6.61 Å². The first-order valence-corrected chi connectivity index (χ1v) is 5.20. The van der Waals surface area contributed by atoms with Crippen molar-refractivity contribution in [3.8, 4) is 5.88 Å². The molecule has 1 N–H and O–H groups in total. The minimum Gasteiger partial charge on any atom is -0.494 e. The molecule has 0 unspecified atom stereocenters. The number of nitrogens with zero attached hydrogens (tertiary/aromatic N) is 2. The van der Waals surface area contributed by atoms with Crippen LogP contribution in [-0.4, -0.2) is 27.3 Å². The van der Waals surface area contributed by atoms with Crippen molar-refractivity contribution < 1.29 is 19.6 Å². The first-order valence-electron chi connectivity index (χ1n) is 5.20. The van der Waals surface area contributed by atoms with Gasteiger partial charge < -0.3 is 9.84 Å². The second kappa shape index (κ2) is 4.36. The van der Waals surface area contributed by atoms with Crippen molar-refractivity contribution in [3.63, 3.8) is 0 Å². The highest BCUT2D eigenvalue weighted by atomic mass is 16.6. The largest absolute Gasteiger partial charge is 0.494 e. The molecule has 2 rings (SSSR count). The fraction of sp³-hybridized carbons (Fsp3) is 0.182. The molecule has 0 radical (unpaired) electrons. The van der Waals surface area contributed by atoms with Crippen molar-refractivity contribution >= 4 is 22.7 Å². The first kappa shape index (κ1) is 11.9. The van der Waals surface area contributed by atoms with E-state index in [1.807, 2.05) is 0 Å². The lowest BCUT2D eigenvalue weighted by Gasteiger charge is -2.04. The van der Waals surface area contributed by atoms with E-state index in [4.69, 9.17) is 4.74 Å². The van der Waals surface area contributed by atoms with Gasteiger partial charge in [-0.25, -0.2) is 9.36 Å². The number of nitro benzene ring substituents is 1. The van der Waals surface area contributed by atoms with Crippen molar-refractivity contribution in [3.05, 3.63) is 34.4 Å². The van der Waals surface area contributed by atoms with Gasteiger partial charge in [0.2, 0.25) is 5.88 Å². The van der Waals surface area contributed by atoms with E-state index in [1.165, 1.54) is 24.3 Å². The van der Waals surface area contributed by atoms with Crippen LogP contribution < -0.4 is 0 Å². The van der Waals surface area contributed by atoms with E-state index in [-0.39, 0.29) is 18.2 Å². The molecule has 0 fully saturated rings. The number of nitro groups is 1. The molecule has 1 aromatic heterocycles. The number of ether oxygens (including phenoxy) is 1. The number of aromatic nitrogens is 1. The number of benzene rings is 1. The van der Waals surface area contributed by atoms with Crippen LogP contribution in [-0.2, 0) is 4.74 Å². The summed E-state index contributed by atoms with van der Waals surface area (Å²) in [4.78, 5) is 21.7. The van der Waals surface area contributed by atoms with Gasteiger partial charge in [-0.3, -0.25) is 10.1 Å². The van der Waals surface area contributed by atoms with Gasteiger partial charge in [0.25, 0.3) is 5.69 Å². The Hall–Kier alpha value is -2.57. The molecule has 18 heavy (non-hydrogen) atoms. The van der Waals surface area contributed by atoms with Crippen LogP contribution in [0.1, 0.15) is 6.92 Å². The number of non-ortho nitro benzene ring substituents is 1. The Labute approximate surface area is 101 Å². The van der Waals surface area contributed by atoms with Crippen molar-refractivity contribution in [2.24, 2.45) is 0 Å². The Morgan fingerprint density at radius 1 is 1.50 bits per heavy atom. The third kappa shape index (κ3) is 1.86. The van der Waals surface area contributed by atoms with Gasteiger partial charge in [-0.15, -0.1) is 0 Å². The number of hydrogen-bond acceptors (Lipinski definition) is 5. The van der Waals surface area contributed by atoms with Crippen molar-refractivity contribution in [2.45, 2.75) is 6.92 Å². The van der Waals surface area contributed by atoms with Crippen molar-refractivity contribution in [1.29, 1.82) is 0 Å². The SMILES string of the molecule is CCOC(=O)n1c(O)cc2cc([N+](=O)[O-])ccc21. The zero-order chi connectivity index (χ0) is 13.3. The number of fused-ring (bicyclic) bond motifs is 1. The molecule has 0 atom stereocenters. The molecular weight excluding hydrogens is 240 g/mol. The molecule has 0 saturated heterocycles. The van der Waals surface area contributed by atoms with Gasteiger partial charge in [0.15, 0.2) is 0 Å². The Kier molecular flexibility index (Phi) is 2.88. The minimum atomic E-state index is -0.723. The van der Waals surface area contributed by atoms with Crippen LogP contribution in [0.5, 0.6) is 5.88 Å². The van der Waals surface area contributed by atoms with E-state index in [1.54, 1.807) is 6.92 Å². The van der Waals surface area contributed by atoms with E-state index in [0.29, 0.717) is 10.9 Å². The Balaban J connectivity index is 2.59. The maximum Gasteiger partial charge on any atom is 0.421 e. The van der Waals surface area contributed by atoms with Gasteiger partial charge in [-0.05, 0) is 13.0 Å². The maximum atomic E-state index is 11.6. The van der Waals surface area contributed by atoms with E-state index in [2.05, 4.69) is 0 Å². The number of carbonyl (C=O) groups excluding carboxylic acids is 1. The predicted molar refractivity (Wildman–Crippen MR) is 62.7 cm³/mol. The molecule has 0 saturated carbocycles. The van der Waals surface area contributed by atoms with Gasteiger partial charge in [-0.1, -0.05) is 0 Å². The van der Waals surface area contributed by atoms with E-state index < -0.39 is 11.0 Å². The van der Waals surface area contributed by atoms with E-state index in [0.717, 1.165) is 4.57 Å². The second-order valence-corrected chi connectivity index (χ2v) is 3.54. The minimum absolute atomic E-state index is 0.108. The molecule has 0 bridgehead atoms. The smallest absolute Gasteiger partial charge is 0.421 e. The third-order valence-electron chi connectivity index (χ3n) is 2.43. The average Bonchev–Trinajstić information content (AvgIpc) is 2.63. The summed E-state index contributed by atoms with van der Waals surface area (Å²) in [6, 6.07) is 5.21. The normalized spacial score (nSPS) is 10.5.